The van der Waals surface area contributed by atoms with Gasteiger partial charge >= 0.3 is 0 Å². The fraction of sp³-hybridized carbons (Fsp3) is 0. The van der Waals surface area contributed by atoms with Gasteiger partial charge in [-0.2, -0.15) is 5.26 Å². The van der Waals surface area contributed by atoms with Crippen molar-refractivity contribution in [2.45, 2.75) is 19.6 Å². The molecule has 11 rings (SSSR count). The number of hydrogen-bond acceptors (Lipinski definition) is 8. The Bertz CT molecular complexity index is 3000. The molecule has 0 unspecified atom stereocenters. The highest BCUT2D eigenvalue weighted by Gasteiger charge is 2.30. The molecule has 0 radical (unpaired) electrons. The number of benzene rings is 8. The van der Waals surface area contributed by atoms with Crippen LogP contribution in [0.4, 0.5) is 34.1 Å². The van der Waals surface area contributed by atoms with Crippen molar-refractivity contribution in [3.63, 3.8) is 0 Å². The van der Waals surface area contributed by atoms with E-state index in [2.05, 4.69) is 149 Å². The lowest BCUT2D eigenvalue weighted by Crippen LogP contribution is -2.17. The van der Waals surface area contributed by atoms with Gasteiger partial charge in [-0.15, -0.1) is 0 Å². The second kappa shape index (κ2) is 15.1. The van der Waals surface area contributed by atoms with Crippen molar-refractivity contribution in [1.82, 2.24) is 15.0 Å². The van der Waals surface area contributed by atoms with Crippen LogP contribution >= 0.6 is 23.5 Å². The topological polar surface area (TPSA) is 68.9 Å². The first-order chi connectivity index (χ1) is 29.7. The molecule has 0 spiro atoms. The zero-order chi connectivity index (χ0) is 40.0. The van der Waals surface area contributed by atoms with Crippen molar-refractivity contribution in [2.75, 3.05) is 9.80 Å². The molecule has 0 amide bonds. The van der Waals surface area contributed by atoms with E-state index in [1.807, 2.05) is 60.7 Å². The Hall–Kier alpha value is -7.44. The van der Waals surface area contributed by atoms with Crippen molar-refractivity contribution in [2.24, 2.45) is 0 Å². The number of para-hydroxylation sites is 4. The highest BCUT2D eigenvalue weighted by atomic mass is 32.2. The molecule has 282 valence electrons. The highest BCUT2D eigenvalue weighted by molar-refractivity contribution is 8.00. The molecule has 0 fully saturated rings. The van der Waals surface area contributed by atoms with Crippen molar-refractivity contribution in [1.29, 1.82) is 5.26 Å². The van der Waals surface area contributed by atoms with Crippen LogP contribution in [0, 0.1) is 11.3 Å². The van der Waals surface area contributed by atoms with Gasteiger partial charge in [0.2, 0.25) is 0 Å². The number of rotatable bonds is 6. The van der Waals surface area contributed by atoms with Crippen LogP contribution in [0.3, 0.4) is 0 Å². The quantitative estimate of drug-likeness (QED) is 0.165. The van der Waals surface area contributed by atoms with Crippen molar-refractivity contribution in [3.05, 3.63) is 200 Å². The lowest BCUT2D eigenvalue weighted by atomic mass is 9.95. The number of anilines is 6. The van der Waals surface area contributed by atoms with Crippen LogP contribution < -0.4 is 9.80 Å². The van der Waals surface area contributed by atoms with E-state index in [0.29, 0.717) is 23.0 Å². The van der Waals surface area contributed by atoms with E-state index < -0.39 is 0 Å². The fourth-order valence-electron chi connectivity index (χ4n) is 8.02. The zero-order valence-corrected chi connectivity index (χ0v) is 33.6. The number of nitriles is 1. The molecule has 0 saturated heterocycles. The predicted octanol–water partition coefficient (Wildman–Crippen LogP) is 14.3. The van der Waals surface area contributed by atoms with Crippen molar-refractivity contribution < 1.29 is 0 Å². The van der Waals surface area contributed by atoms with E-state index in [4.69, 9.17) is 15.0 Å². The Morgan fingerprint density at radius 1 is 0.350 bits per heavy atom. The van der Waals surface area contributed by atoms with Crippen molar-refractivity contribution in [3.8, 4) is 51.4 Å². The molecular weight excluding hydrogens is 773 g/mol. The second-order valence-electron chi connectivity index (χ2n) is 14.3. The number of nitrogens with zero attached hydrogens (tertiary/aromatic N) is 6. The first kappa shape index (κ1) is 35.7. The third-order valence-electron chi connectivity index (χ3n) is 10.7. The Labute approximate surface area is 356 Å². The van der Waals surface area contributed by atoms with Crippen LogP contribution in [0.25, 0.3) is 45.3 Å². The van der Waals surface area contributed by atoms with Gasteiger partial charge in [-0.3, -0.25) is 0 Å². The smallest absolute Gasteiger partial charge is 0.166 e. The van der Waals surface area contributed by atoms with E-state index in [1.54, 1.807) is 23.5 Å². The van der Waals surface area contributed by atoms with Gasteiger partial charge in [0.1, 0.15) is 6.07 Å². The van der Waals surface area contributed by atoms with Crippen LogP contribution in [0.1, 0.15) is 5.56 Å². The summed E-state index contributed by atoms with van der Waals surface area (Å²) in [5, 5.41) is 11.2. The molecule has 60 heavy (non-hydrogen) atoms. The molecule has 9 aromatic rings. The first-order valence-electron chi connectivity index (χ1n) is 19.6. The fourth-order valence-corrected chi connectivity index (χ4v) is 10.1. The molecule has 0 saturated carbocycles. The molecule has 0 bridgehead atoms. The van der Waals surface area contributed by atoms with Gasteiger partial charge in [0.05, 0.1) is 39.7 Å². The predicted molar refractivity (Wildman–Crippen MR) is 244 cm³/mol. The number of fused-ring (bicyclic) bond motifs is 4. The molecule has 8 aromatic carbocycles. The van der Waals surface area contributed by atoms with Gasteiger partial charge in [-0.25, -0.2) is 15.0 Å². The van der Waals surface area contributed by atoms with Crippen LogP contribution in [0.2, 0.25) is 0 Å². The molecule has 0 aliphatic carbocycles. The summed E-state index contributed by atoms with van der Waals surface area (Å²) in [6, 6.07) is 69.1. The average Bonchev–Trinajstić information content (AvgIpc) is 3.32. The maximum Gasteiger partial charge on any atom is 0.166 e. The van der Waals surface area contributed by atoms with E-state index >= 15 is 0 Å². The molecule has 3 heterocycles. The van der Waals surface area contributed by atoms with Gasteiger partial charge in [0, 0.05) is 41.8 Å². The first-order valence-corrected chi connectivity index (χ1v) is 21.2. The summed E-state index contributed by atoms with van der Waals surface area (Å²) in [6.07, 6.45) is 0. The Balaban J connectivity index is 1.16. The SMILES string of the molecule is N#Cc1c(-c2ccc(-c3nc(-c4ccccc4)nc(-c4ccccc4)n3)c(N3c4ccccc4Sc4ccccc43)c2)cccc1N1c2ccccc2Sc2ccccc21. The third-order valence-corrected chi connectivity index (χ3v) is 13.0. The molecule has 1 aromatic heterocycles. The van der Waals surface area contributed by atoms with Crippen LogP contribution in [0.15, 0.2) is 214 Å². The lowest BCUT2D eigenvalue weighted by molar-refractivity contribution is 1.07. The minimum absolute atomic E-state index is 0.547. The number of aromatic nitrogens is 3. The summed E-state index contributed by atoms with van der Waals surface area (Å²) in [7, 11) is 0. The summed E-state index contributed by atoms with van der Waals surface area (Å²) < 4.78 is 0. The van der Waals surface area contributed by atoms with Gasteiger partial charge in [0.25, 0.3) is 0 Å². The highest BCUT2D eigenvalue weighted by Crippen LogP contribution is 2.55. The van der Waals surface area contributed by atoms with Gasteiger partial charge in [-0.1, -0.05) is 151 Å². The van der Waals surface area contributed by atoms with E-state index in [0.717, 1.165) is 81.5 Å². The van der Waals surface area contributed by atoms with Gasteiger partial charge < -0.3 is 9.80 Å². The zero-order valence-electron chi connectivity index (χ0n) is 32.0. The second-order valence-corrected chi connectivity index (χ2v) is 16.5. The van der Waals surface area contributed by atoms with Crippen LogP contribution in [0.5, 0.6) is 0 Å². The molecule has 2 aliphatic heterocycles. The molecule has 0 N–H and O–H groups in total. The van der Waals surface area contributed by atoms with Gasteiger partial charge in [0.15, 0.2) is 17.5 Å². The molecule has 0 atom stereocenters. The Morgan fingerprint density at radius 2 is 0.767 bits per heavy atom. The minimum Gasteiger partial charge on any atom is -0.307 e. The summed E-state index contributed by atoms with van der Waals surface area (Å²) in [6.45, 7) is 0. The van der Waals surface area contributed by atoms with Gasteiger partial charge in [-0.05, 0) is 72.3 Å². The monoisotopic (exact) mass is 804 g/mol. The van der Waals surface area contributed by atoms with Crippen LogP contribution in [-0.2, 0) is 0 Å². The van der Waals surface area contributed by atoms with Crippen LogP contribution in [-0.4, -0.2) is 15.0 Å². The maximum absolute atomic E-state index is 11.2. The average molecular weight is 805 g/mol. The third kappa shape index (κ3) is 6.20. The minimum atomic E-state index is 0.547. The summed E-state index contributed by atoms with van der Waals surface area (Å²) in [5.41, 5.74) is 10.8. The molecule has 8 heteroatoms. The molecular formula is C52H32N6S2. The van der Waals surface area contributed by atoms with E-state index in [-0.39, 0.29) is 0 Å². The molecule has 6 nitrogen and oxygen atoms in total. The van der Waals surface area contributed by atoms with E-state index in [9.17, 15) is 5.26 Å². The normalized spacial score (nSPS) is 12.4. The maximum atomic E-state index is 11.2. The summed E-state index contributed by atoms with van der Waals surface area (Å²) >= 11 is 3.51. The Kier molecular flexibility index (Phi) is 8.96. The largest absolute Gasteiger partial charge is 0.307 e. The van der Waals surface area contributed by atoms with E-state index in [1.165, 1.54) is 0 Å². The summed E-state index contributed by atoms with van der Waals surface area (Å²) in [4.78, 5) is 24.5. The summed E-state index contributed by atoms with van der Waals surface area (Å²) in [5.74, 6) is 1.72. The Morgan fingerprint density at radius 3 is 1.25 bits per heavy atom. The lowest BCUT2D eigenvalue weighted by Gasteiger charge is -2.34. The standard InChI is InChI=1S/C52H32N6S2/c53-33-39-37(20-15-25-40(39)57-41-21-7-11-26-46(41)59-47-27-12-8-22-42(47)57)36-30-31-38(45(32-36)58-43-23-9-13-28-48(43)60-49-29-14-10-24-44(49)58)52-55-50(34-16-3-1-4-17-34)54-51(56-52)35-18-5-2-6-19-35/h1-32H. The number of hydrogen-bond donors (Lipinski definition) is 0. The molecule has 2 aliphatic rings. The van der Waals surface area contributed by atoms with Crippen molar-refractivity contribution >= 4 is 57.6 Å².